The first-order chi connectivity index (χ1) is 7.69. The zero-order chi connectivity index (χ0) is 12.0. The second-order valence-electron chi connectivity index (χ2n) is 3.72. The van der Waals surface area contributed by atoms with Crippen LogP contribution in [0.15, 0.2) is 16.6 Å². The van der Waals surface area contributed by atoms with E-state index in [1.807, 2.05) is 6.07 Å². The second kappa shape index (κ2) is 6.99. The molecular formula is C12H17BrFNO. The Kier molecular flexibility index (Phi) is 5.95. The fraction of sp³-hybridized carbons (Fsp3) is 0.500. The van der Waals surface area contributed by atoms with E-state index in [9.17, 15) is 4.39 Å². The lowest BCUT2D eigenvalue weighted by Gasteiger charge is -2.09. The monoisotopic (exact) mass is 289 g/mol. The van der Waals surface area contributed by atoms with E-state index in [1.54, 1.807) is 13.2 Å². The summed E-state index contributed by atoms with van der Waals surface area (Å²) < 4.78 is 19.8. The van der Waals surface area contributed by atoms with Crippen molar-refractivity contribution in [3.05, 3.63) is 33.5 Å². The molecule has 4 heteroatoms. The number of rotatable bonds is 6. The molecule has 0 aliphatic carbocycles. The fourth-order valence-corrected chi connectivity index (χ4v) is 2.16. The maximum Gasteiger partial charge on any atom is 0.131 e. The molecule has 0 aromatic heterocycles. The molecule has 2 nitrogen and oxygen atoms in total. The topological polar surface area (TPSA) is 35.2 Å². The van der Waals surface area contributed by atoms with Crippen LogP contribution in [0.1, 0.15) is 24.0 Å². The Morgan fingerprint density at radius 1 is 1.31 bits per heavy atom. The predicted octanol–water partition coefficient (Wildman–Crippen LogP) is 3.02. The van der Waals surface area contributed by atoms with Crippen LogP contribution < -0.4 is 5.73 Å². The lowest BCUT2D eigenvalue weighted by Crippen LogP contribution is -2.02. The highest BCUT2D eigenvalue weighted by atomic mass is 79.9. The molecule has 0 radical (unpaired) electrons. The highest BCUT2D eigenvalue weighted by Crippen LogP contribution is 2.22. The Hall–Kier alpha value is -0.450. The van der Waals surface area contributed by atoms with E-state index in [0.717, 1.165) is 29.3 Å². The van der Waals surface area contributed by atoms with Gasteiger partial charge in [-0.25, -0.2) is 4.39 Å². The molecule has 1 aromatic rings. The standard InChI is InChI=1S/C12H17BrFNO/c1-16-8-10-7-11(13)6-9(12(10)14)4-2-3-5-15/h6-7H,2-5,8,15H2,1H3. The highest BCUT2D eigenvalue weighted by molar-refractivity contribution is 9.10. The zero-order valence-corrected chi connectivity index (χ0v) is 11.0. The van der Waals surface area contributed by atoms with Crippen LogP contribution in [0.4, 0.5) is 4.39 Å². The van der Waals surface area contributed by atoms with Crippen LogP contribution in [0.2, 0.25) is 0 Å². The minimum absolute atomic E-state index is 0.151. The van der Waals surface area contributed by atoms with Gasteiger partial charge in [-0.2, -0.15) is 0 Å². The van der Waals surface area contributed by atoms with Crippen LogP contribution in [-0.2, 0) is 17.8 Å². The predicted molar refractivity (Wildman–Crippen MR) is 66.8 cm³/mol. The molecule has 0 bridgehead atoms. The van der Waals surface area contributed by atoms with Crippen molar-refractivity contribution in [3.8, 4) is 0 Å². The molecule has 1 rings (SSSR count). The van der Waals surface area contributed by atoms with Crippen molar-refractivity contribution < 1.29 is 9.13 Å². The van der Waals surface area contributed by atoms with E-state index in [-0.39, 0.29) is 5.82 Å². The van der Waals surface area contributed by atoms with E-state index >= 15 is 0 Å². The molecule has 0 saturated carbocycles. The van der Waals surface area contributed by atoms with Gasteiger partial charge in [-0.15, -0.1) is 0 Å². The molecule has 0 aliphatic rings. The minimum atomic E-state index is -0.151. The lowest BCUT2D eigenvalue weighted by atomic mass is 10.0. The van der Waals surface area contributed by atoms with Crippen molar-refractivity contribution in [2.45, 2.75) is 25.9 Å². The lowest BCUT2D eigenvalue weighted by molar-refractivity contribution is 0.181. The Morgan fingerprint density at radius 3 is 2.62 bits per heavy atom. The summed E-state index contributed by atoms with van der Waals surface area (Å²) >= 11 is 3.38. The molecule has 2 N–H and O–H groups in total. The van der Waals surface area contributed by atoms with Gasteiger partial charge in [0.05, 0.1) is 6.61 Å². The molecule has 0 atom stereocenters. The van der Waals surface area contributed by atoms with E-state index in [1.165, 1.54) is 0 Å². The highest BCUT2D eigenvalue weighted by Gasteiger charge is 2.09. The zero-order valence-electron chi connectivity index (χ0n) is 9.43. The molecule has 0 fully saturated rings. The van der Waals surface area contributed by atoms with Crippen LogP contribution in [0.5, 0.6) is 0 Å². The SMILES string of the molecule is COCc1cc(Br)cc(CCCCN)c1F. The van der Waals surface area contributed by atoms with E-state index in [2.05, 4.69) is 15.9 Å². The molecule has 0 heterocycles. The van der Waals surface area contributed by atoms with Gasteiger partial charge in [0, 0.05) is 17.1 Å². The summed E-state index contributed by atoms with van der Waals surface area (Å²) in [5.41, 5.74) is 6.74. The number of halogens is 2. The normalized spacial score (nSPS) is 10.8. The third kappa shape index (κ3) is 3.85. The third-order valence-corrected chi connectivity index (χ3v) is 2.85. The summed E-state index contributed by atoms with van der Waals surface area (Å²) in [4.78, 5) is 0. The van der Waals surface area contributed by atoms with E-state index in [4.69, 9.17) is 10.5 Å². The van der Waals surface area contributed by atoms with Gasteiger partial charge in [0.1, 0.15) is 5.82 Å². The van der Waals surface area contributed by atoms with Gasteiger partial charge in [0.2, 0.25) is 0 Å². The summed E-state index contributed by atoms with van der Waals surface area (Å²) in [7, 11) is 1.56. The number of nitrogens with two attached hydrogens (primary N) is 1. The van der Waals surface area contributed by atoms with Gasteiger partial charge in [-0.1, -0.05) is 15.9 Å². The average Bonchev–Trinajstić information content (AvgIpc) is 2.25. The van der Waals surface area contributed by atoms with Crippen LogP contribution in [0.25, 0.3) is 0 Å². The van der Waals surface area contributed by atoms with Gasteiger partial charge >= 0.3 is 0 Å². The molecule has 90 valence electrons. The first-order valence-electron chi connectivity index (χ1n) is 5.34. The van der Waals surface area contributed by atoms with Crippen LogP contribution in [-0.4, -0.2) is 13.7 Å². The maximum absolute atomic E-state index is 13.9. The molecular weight excluding hydrogens is 273 g/mol. The molecule has 1 aromatic carbocycles. The number of unbranched alkanes of at least 4 members (excludes halogenated alkanes) is 1. The first kappa shape index (κ1) is 13.6. The second-order valence-corrected chi connectivity index (χ2v) is 4.63. The van der Waals surface area contributed by atoms with Crippen LogP contribution in [0.3, 0.4) is 0 Å². The Balaban J connectivity index is 2.81. The quantitative estimate of drug-likeness (QED) is 0.817. The smallest absolute Gasteiger partial charge is 0.131 e. The van der Waals surface area contributed by atoms with Crippen molar-refractivity contribution in [2.75, 3.05) is 13.7 Å². The van der Waals surface area contributed by atoms with Crippen LogP contribution >= 0.6 is 15.9 Å². The summed E-state index contributed by atoms with van der Waals surface area (Å²) in [5, 5.41) is 0. The molecule has 0 unspecified atom stereocenters. The number of benzene rings is 1. The van der Waals surface area contributed by atoms with Crippen molar-refractivity contribution in [1.29, 1.82) is 0 Å². The van der Waals surface area contributed by atoms with Gasteiger partial charge in [0.15, 0.2) is 0 Å². The minimum Gasteiger partial charge on any atom is -0.380 e. The number of aryl methyl sites for hydroxylation is 1. The van der Waals surface area contributed by atoms with Gasteiger partial charge in [-0.05, 0) is 43.5 Å². The van der Waals surface area contributed by atoms with Gasteiger partial charge < -0.3 is 10.5 Å². The first-order valence-corrected chi connectivity index (χ1v) is 6.14. The number of hydrogen-bond donors (Lipinski definition) is 1. The van der Waals surface area contributed by atoms with Crippen molar-refractivity contribution in [1.82, 2.24) is 0 Å². The Morgan fingerprint density at radius 2 is 2.00 bits per heavy atom. The summed E-state index contributed by atoms with van der Waals surface area (Å²) in [5.74, 6) is -0.151. The van der Waals surface area contributed by atoms with E-state index < -0.39 is 0 Å². The Labute approximate surface area is 104 Å². The third-order valence-electron chi connectivity index (χ3n) is 2.39. The van der Waals surface area contributed by atoms with Gasteiger partial charge in [0.25, 0.3) is 0 Å². The molecule has 0 saturated heterocycles. The average molecular weight is 290 g/mol. The molecule has 16 heavy (non-hydrogen) atoms. The summed E-state index contributed by atoms with van der Waals surface area (Å²) in [6, 6.07) is 3.58. The maximum atomic E-state index is 13.9. The summed E-state index contributed by atoms with van der Waals surface area (Å²) in [6.45, 7) is 0.954. The molecule has 0 amide bonds. The fourth-order valence-electron chi connectivity index (χ4n) is 1.61. The molecule has 0 spiro atoms. The van der Waals surface area contributed by atoms with Crippen molar-refractivity contribution in [2.24, 2.45) is 5.73 Å². The number of ether oxygens (including phenoxy) is 1. The van der Waals surface area contributed by atoms with Crippen LogP contribution in [0, 0.1) is 5.82 Å². The molecule has 0 aliphatic heterocycles. The van der Waals surface area contributed by atoms with E-state index in [0.29, 0.717) is 18.7 Å². The van der Waals surface area contributed by atoms with Gasteiger partial charge in [-0.3, -0.25) is 0 Å². The Bertz CT molecular complexity index is 344. The number of hydrogen-bond acceptors (Lipinski definition) is 2. The van der Waals surface area contributed by atoms with Crippen molar-refractivity contribution in [3.63, 3.8) is 0 Å². The largest absolute Gasteiger partial charge is 0.380 e. The summed E-state index contributed by atoms with van der Waals surface area (Å²) in [6.07, 6.45) is 2.56. The van der Waals surface area contributed by atoms with Crippen molar-refractivity contribution >= 4 is 15.9 Å². The number of methoxy groups -OCH3 is 1.